The maximum absolute atomic E-state index is 13.7. The summed E-state index contributed by atoms with van der Waals surface area (Å²) in [5.74, 6) is -1.03. The predicted octanol–water partition coefficient (Wildman–Crippen LogP) is 10.7. The Morgan fingerprint density at radius 1 is 0.623 bits per heavy atom. The molecule has 1 fully saturated rings. The molecule has 0 radical (unpaired) electrons. The van der Waals surface area contributed by atoms with E-state index < -0.39 is 57.8 Å². The van der Waals surface area contributed by atoms with Crippen LogP contribution in [-0.4, -0.2) is 52.6 Å². The van der Waals surface area contributed by atoms with Gasteiger partial charge in [0, 0.05) is 29.4 Å². The highest BCUT2D eigenvalue weighted by Crippen LogP contribution is 2.47. The Morgan fingerprint density at radius 3 is 1.54 bits per heavy atom. The lowest BCUT2D eigenvalue weighted by molar-refractivity contribution is -0.274. The van der Waals surface area contributed by atoms with E-state index in [1.54, 1.807) is 42.5 Å². The van der Waals surface area contributed by atoms with Crippen molar-refractivity contribution in [3.63, 3.8) is 0 Å². The van der Waals surface area contributed by atoms with Crippen LogP contribution in [0.4, 0.5) is 26.3 Å². The van der Waals surface area contributed by atoms with Crippen molar-refractivity contribution in [2.45, 2.75) is 41.8 Å². The number of benzene rings is 6. The Bertz CT molecular complexity index is 2650. The van der Waals surface area contributed by atoms with Crippen molar-refractivity contribution in [3.05, 3.63) is 202 Å². The molecule has 1 atom stereocenters. The summed E-state index contributed by atoms with van der Waals surface area (Å²) in [7, 11) is -5.58. The molecule has 0 aliphatic carbocycles. The second-order valence-electron chi connectivity index (χ2n) is 14.8. The number of nitrogens with zero attached hydrogens (tertiary/aromatic N) is 3. The van der Waals surface area contributed by atoms with E-state index in [0.717, 1.165) is 28.8 Å². The molecule has 8 rings (SSSR count). The summed E-state index contributed by atoms with van der Waals surface area (Å²) >= 11 is 6.26. The maximum atomic E-state index is 13.7. The zero-order valence-electron chi connectivity index (χ0n) is 32.0. The summed E-state index contributed by atoms with van der Waals surface area (Å²) in [6.07, 6.45) is -4.94. The van der Waals surface area contributed by atoms with Gasteiger partial charge >= 0.3 is 21.9 Å². The Hall–Kier alpha value is -5.67. The molecular formula is C46H36ClF6N3O4S. The van der Waals surface area contributed by atoms with Crippen LogP contribution in [0.2, 0.25) is 5.02 Å². The summed E-state index contributed by atoms with van der Waals surface area (Å²) in [6, 6.07) is 45.4. The number of hydrogen-bond acceptors (Lipinski definition) is 5. The molecule has 1 aromatic heterocycles. The number of fused-ring (bicyclic) bond motifs is 1. The lowest BCUT2D eigenvalue weighted by atomic mass is 9.76. The number of sulfonamides is 1. The van der Waals surface area contributed by atoms with Gasteiger partial charge in [0.05, 0.1) is 11.2 Å². The Morgan fingerprint density at radius 2 is 1.08 bits per heavy atom. The first-order valence-electron chi connectivity index (χ1n) is 19.1. The van der Waals surface area contributed by atoms with Crippen molar-refractivity contribution in [3.8, 4) is 5.75 Å². The van der Waals surface area contributed by atoms with Gasteiger partial charge in [-0.05, 0) is 82.6 Å². The van der Waals surface area contributed by atoms with Gasteiger partial charge in [0.2, 0.25) is 0 Å². The van der Waals surface area contributed by atoms with Crippen molar-refractivity contribution < 1.29 is 44.6 Å². The summed E-state index contributed by atoms with van der Waals surface area (Å²) in [5.41, 5.74) is -4.29. The zero-order valence-corrected chi connectivity index (χ0v) is 33.6. The quantitative estimate of drug-likeness (QED) is 0.109. The van der Waals surface area contributed by atoms with Gasteiger partial charge in [0.1, 0.15) is 16.9 Å². The van der Waals surface area contributed by atoms with Gasteiger partial charge in [-0.3, -0.25) is 0 Å². The second-order valence-corrected chi connectivity index (χ2v) is 17.1. The molecule has 0 saturated carbocycles. The van der Waals surface area contributed by atoms with Crippen LogP contribution in [0.25, 0.3) is 10.9 Å². The van der Waals surface area contributed by atoms with Crippen molar-refractivity contribution in [2.24, 2.45) is 0 Å². The zero-order chi connectivity index (χ0) is 43.2. The third-order valence-electron chi connectivity index (χ3n) is 11.3. The molecule has 1 N–H and O–H groups in total. The van der Waals surface area contributed by atoms with Gasteiger partial charge in [-0.15, -0.1) is 13.2 Å². The van der Waals surface area contributed by atoms with Crippen LogP contribution < -0.4 is 4.74 Å². The summed E-state index contributed by atoms with van der Waals surface area (Å²) in [5, 5.41) is 19.3. The number of rotatable bonds is 10. The standard InChI is InChI=1S/C46H36ClF6N3O4S/c47-38-21-16-35(17-22-38)44(57,36-18-23-39(24-19-36)60-45(48,49)50)37-20-25-41-40(30-37)42(31-26-28-55(29-27-31)61(58,59)46(51,52)53)54-56(41)43(32-10-4-1-5-11-32,33-12-6-2-7-13-33)34-14-8-3-9-15-34/h1-25,30-31,57H,26-29H2. The third kappa shape index (κ3) is 7.66. The summed E-state index contributed by atoms with van der Waals surface area (Å²) in [4.78, 5) is 0. The molecule has 6 aromatic carbocycles. The van der Waals surface area contributed by atoms with E-state index in [1.807, 2.05) is 95.7 Å². The highest BCUT2D eigenvalue weighted by molar-refractivity contribution is 7.90. The number of aliphatic hydroxyl groups is 1. The molecule has 7 nitrogen and oxygen atoms in total. The maximum Gasteiger partial charge on any atom is 0.573 e. The molecule has 15 heteroatoms. The topological polar surface area (TPSA) is 84.7 Å². The van der Waals surface area contributed by atoms with Crippen molar-refractivity contribution in [1.82, 2.24) is 14.1 Å². The molecule has 2 heterocycles. The fourth-order valence-corrected chi connectivity index (χ4v) is 9.54. The molecular weight excluding hydrogens is 840 g/mol. The van der Waals surface area contributed by atoms with Crippen molar-refractivity contribution >= 4 is 32.5 Å². The number of halogens is 7. The number of aromatic nitrogens is 2. The van der Waals surface area contributed by atoms with Crippen LogP contribution in [0.1, 0.15) is 57.8 Å². The monoisotopic (exact) mass is 875 g/mol. The average Bonchev–Trinajstić information content (AvgIpc) is 3.63. The van der Waals surface area contributed by atoms with Gasteiger partial charge in [0.25, 0.3) is 0 Å². The van der Waals surface area contributed by atoms with Gasteiger partial charge in [-0.1, -0.05) is 133 Å². The number of ether oxygens (including phenoxy) is 1. The van der Waals surface area contributed by atoms with Crippen LogP contribution in [0, 0.1) is 0 Å². The lowest BCUT2D eigenvalue weighted by Gasteiger charge is -2.37. The van der Waals surface area contributed by atoms with E-state index in [0.29, 0.717) is 31.5 Å². The van der Waals surface area contributed by atoms with E-state index in [9.17, 15) is 39.9 Å². The molecule has 0 amide bonds. The SMILES string of the molecule is O=S(=O)(N1CCC(c2nn(C(c3ccccc3)(c3ccccc3)c3ccccc3)c3ccc(C(O)(c4ccc(Cl)cc4)c4ccc(OC(F)(F)F)cc4)cc23)CC1)C(F)(F)F. The van der Waals surface area contributed by atoms with Crippen molar-refractivity contribution in [2.75, 3.05) is 13.1 Å². The fraction of sp³-hybridized carbons (Fsp3) is 0.196. The Kier molecular flexibility index (Phi) is 11.0. The smallest absolute Gasteiger partial charge is 0.406 e. The van der Waals surface area contributed by atoms with Crippen LogP contribution in [0.15, 0.2) is 158 Å². The summed E-state index contributed by atoms with van der Waals surface area (Å²) < 4.78 is 112. The molecule has 7 aromatic rings. The van der Waals surface area contributed by atoms with E-state index in [4.69, 9.17) is 16.7 Å². The van der Waals surface area contributed by atoms with Gasteiger partial charge in [-0.2, -0.15) is 22.6 Å². The molecule has 61 heavy (non-hydrogen) atoms. The van der Waals surface area contributed by atoms with E-state index in [2.05, 4.69) is 4.74 Å². The molecule has 1 unspecified atom stereocenters. The summed E-state index contributed by atoms with van der Waals surface area (Å²) in [6.45, 7) is -0.828. The average molecular weight is 876 g/mol. The number of piperidine rings is 1. The highest BCUT2D eigenvalue weighted by Gasteiger charge is 2.51. The Labute approximate surface area is 352 Å². The number of alkyl halides is 6. The highest BCUT2D eigenvalue weighted by atomic mass is 35.5. The van der Waals surface area contributed by atoms with Crippen LogP contribution in [0.5, 0.6) is 5.75 Å². The molecule has 0 bridgehead atoms. The first-order chi connectivity index (χ1) is 29.0. The lowest BCUT2D eigenvalue weighted by Crippen LogP contribution is -2.44. The molecule has 314 valence electrons. The number of hydrogen-bond donors (Lipinski definition) is 1. The van der Waals surface area contributed by atoms with Gasteiger partial charge in [-0.25, -0.2) is 13.1 Å². The second kappa shape index (κ2) is 16.0. The van der Waals surface area contributed by atoms with Crippen LogP contribution in [0.3, 0.4) is 0 Å². The normalized spacial score (nSPS) is 15.7. The van der Waals surface area contributed by atoms with Crippen LogP contribution in [-0.2, 0) is 21.2 Å². The largest absolute Gasteiger partial charge is 0.573 e. The minimum atomic E-state index is -5.58. The molecule has 1 aliphatic rings. The fourth-order valence-electron chi connectivity index (χ4n) is 8.43. The molecule has 1 saturated heterocycles. The molecule has 0 spiro atoms. The third-order valence-corrected chi connectivity index (χ3v) is 13.1. The van der Waals surface area contributed by atoms with Gasteiger partial charge in [0.15, 0.2) is 0 Å². The predicted molar refractivity (Wildman–Crippen MR) is 220 cm³/mol. The van der Waals surface area contributed by atoms with Crippen molar-refractivity contribution in [1.29, 1.82) is 0 Å². The first kappa shape index (κ1) is 42.0. The first-order valence-corrected chi connectivity index (χ1v) is 21.0. The minimum absolute atomic E-state index is 0.00276. The van der Waals surface area contributed by atoms with E-state index >= 15 is 0 Å². The molecule has 1 aliphatic heterocycles. The van der Waals surface area contributed by atoms with Crippen LogP contribution >= 0.6 is 11.6 Å². The van der Waals surface area contributed by atoms with E-state index in [1.165, 1.54) is 12.1 Å². The van der Waals surface area contributed by atoms with Gasteiger partial charge < -0.3 is 9.84 Å². The van der Waals surface area contributed by atoms with E-state index in [-0.39, 0.29) is 24.0 Å². The Balaban J connectivity index is 1.39. The minimum Gasteiger partial charge on any atom is -0.406 e.